The van der Waals surface area contributed by atoms with Gasteiger partial charge in [0.15, 0.2) is 0 Å². The maximum Gasteiger partial charge on any atom is 0.135 e. The van der Waals surface area contributed by atoms with E-state index in [4.69, 9.17) is 5.73 Å². The van der Waals surface area contributed by atoms with E-state index in [1.807, 2.05) is 13.0 Å². The van der Waals surface area contributed by atoms with Crippen LogP contribution in [0.25, 0.3) is 0 Å². The SMILES string of the molecule is CCCc1nc(N)c(C)c(NCc2ccc(Br)s2)n1. The number of nitrogens with zero attached hydrogens (tertiary/aromatic N) is 2. The molecule has 3 N–H and O–H groups in total. The number of halogens is 1. The lowest BCUT2D eigenvalue weighted by Gasteiger charge is -2.11. The van der Waals surface area contributed by atoms with Crippen molar-refractivity contribution in [1.82, 2.24) is 9.97 Å². The predicted octanol–water partition coefficient (Wildman–Crippen LogP) is 3.76. The zero-order valence-electron chi connectivity index (χ0n) is 11.0. The largest absolute Gasteiger partial charge is 0.383 e. The Labute approximate surface area is 125 Å². The molecule has 2 aromatic rings. The quantitative estimate of drug-likeness (QED) is 0.869. The Hall–Kier alpha value is -1.14. The third-order valence-corrected chi connectivity index (χ3v) is 4.39. The first kappa shape index (κ1) is 14.3. The van der Waals surface area contributed by atoms with Crippen LogP contribution in [0.2, 0.25) is 0 Å². The van der Waals surface area contributed by atoms with Gasteiger partial charge in [-0.05, 0) is 41.4 Å². The Kier molecular flexibility index (Phi) is 4.76. The van der Waals surface area contributed by atoms with Gasteiger partial charge in [0, 0.05) is 16.9 Å². The van der Waals surface area contributed by atoms with Crippen molar-refractivity contribution in [3.63, 3.8) is 0 Å². The van der Waals surface area contributed by atoms with Crippen LogP contribution >= 0.6 is 27.3 Å². The molecule has 2 aromatic heterocycles. The van der Waals surface area contributed by atoms with E-state index >= 15 is 0 Å². The molecule has 0 saturated carbocycles. The fourth-order valence-corrected chi connectivity index (χ4v) is 3.13. The number of nitrogen functional groups attached to an aromatic ring is 1. The summed E-state index contributed by atoms with van der Waals surface area (Å²) in [6, 6.07) is 4.14. The molecule has 0 aromatic carbocycles. The molecule has 0 saturated heterocycles. The summed E-state index contributed by atoms with van der Waals surface area (Å²) in [6.45, 7) is 4.80. The highest BCUT2D eigenvalue weighted by molar-refractivity contribution is 9.11. The van der Waals surface area contributed by atoms with Crippen LogP contribution in [0.4, 0.5) is 11.6 Å². The van der Waals surface area contributed by atoms with E-state index in [0.717, 1.165) is 40.4 Å². The number of rotatable bonds is 5. The number of hydrogen-bond acceptors (Lipinski definition) is 5. The summed E-state index contributed by atoms with van der Waals surface area (Å²) in [5.41, 5.74) is 6.84. The van der Waals surface area contributed by atoms with Gasteiger partial charge < -0.3 is 11.1 Å². The number of aryl methyl sites for hydroxylation is 1. The van der Waals surface area contributed by atoms with Crippen LogP contribution in [0.3, 0.4) is 0 Å². The van der Waals surface area contributed by atoms with E-state index in [1.165, 1.54) is 4.88 Å². The average molecular weight is 341 g/mol. The molecule has 4 nitrogen and oxygen atoms in total. The Bertz CT molecular complexity index is 568. The molecule has 0 unspecified atom stereocenters. The van der Waals surface area contributed by atoms with E-state index in [1.54, 1.807) is 11.3 Å². The topological polar surface area (TPSA) is 63.8 Å². The summed E-state index contributed by atoms with van der Waals surface area (Å²) in [5, 5.41) is 3.34. The third kappa shape index (κ3) is 3.67. The maximum absolute atomic E-state index is 5.93. The predicted molar refractivity (Wildman–Crippen MR) is 84.5 cm³/mol. The molecule has 0 aliphatic heterocycles. The smallest absolute Gasteiger partial charge is 0.135 e. The van der Waals surface area contributed by atoms with Crippen molar-refractivity contribution in [3.8, 4) is 0 Å². The molecular formula is C13H17BrN4S. The molecule has 0 radical (unpaired) electrons. The lowest BCUT2D eigenvalue weighted by atomic mass is 10.2. The van der Waals surface area contributed by atoms with Crippen LogP contribution in [-0.2, 0) is 13.0 Å². The summed E-state index contributed by atoms with van der Waals surface area (Å²) < 4.78 is 1.13. The number of nitrogens with two attached hydrogens (primary N) is 1. The molecule has 6 heteroatoms. The summed E-state index contributed by atoms with van der Waals surface area (Å²) in [4.78, 5) is 10.1. The van der Waals surface area contributed by atoms with Crippen LogP contribution in [0.15, 0.2) is 15.9 Å². The van der Waals surface area contributed by atoms with Crippen LogP contribution in [-0.4, -0.2) is 9.97 Å². The minimum atomic E-state index is 0.563. The molecule has 2 rings (SSSR count). The molecular weight excluding hydrogens is 324 g/mol. The first-order valence-electron chi connectivity index (χ1n) is 6.21. The molecule has 19 heavy (non-hydrogen) atoms. The average Bonchev–Trinajstić information content (AvgIpc) is 2.78. The van der Waals surface area contributed by atoms with Crippen LogP contribution in [0, 0.1) is 6.92 Å². The van der Waals surface area contributed by atoms with E-state index in [0.29, 0.717) is 5.82 Å². The van der Waals surface area contributed by atoms with Gasteiger partial charge in [0.05, 0.1) is 10.3 Å². The highest BCUT2D eigenvalue weighted by atomic mass is 79.9. The fraction of sp³-hybridized carbons (Fsp3) is 0.385. The van der Waals surface area contributed by atoms with Crippen molar-refractivity contribution < 1.29 is 0 Å². The first-order chi connectivity index (χ1) is 9.10. The zero-order valence-corrected chi connectivity index (χ0v) is 13.4. The Balaban J connectivity index is 2.14. The van der Waals surface area contributed by atoms with Gasteiger partial charge in [-0.15, -0.1) is 11.3 Å². The van der Waals surface area contributed by atoms with E-state index in [-0.39, 0.29) is 0 Å². The minimum absolute atomic E-state index is 0.563. The third-order valence-electron chi connectivity index (χ3n) is 2.76. The Morgan fingerprint density at radius 1 is 1.37 bits per heavy atom. The molecule has 2 heterocycles. The highest BCUT2D eigenvalue weighted by Crippen LogP contribution is 2.24. The molecule has 0 fully saturated rings. The van der Waals surface area contributed by atoms with Crippen molar-refractivity contribution in [3.05, 3.63) is 32.2 Å². The molecule has 0 bridgehead atoms. The molecule has 0 aliphatic rings. The number of nitrogens with one attached hydrogen (secondary N) is 1. The first-order valence-corrected chi connectivity index (χ1v) is 7.82. The van der Waals surface area contributed by atoms with Crippen molar-refractivity contribution in [2.24, 2.45) is 0 Å². The summed E-state index contributed by atoms with van der Waals surface area (Å²) >= 11 is 5.17. The molecule has 0 atom stereocenters. The van der Waals surface area contributed by atoms with E-state index in [2.05, 4.69) is 44.2 Å². The standard InChI is InChI=1S/C13H17BrN4S/c1-3-4-11-17-12(15)8(2)13(18-11)16-7-9-5-6-10(14)19-9/h5-6H,3-4,7H2,1-2H3,(H3,15,16,17,18). The molecule has 0 aliphatic carbocycles. The van der Waals surface area contributed by atoms with Crippen molar-refractivity contribution in [2.45, 2.75) is 33.2 Å². The number of anilines is 2. The van der Waals surface area contributed by atoms with Crippen LogP contribution in [0.5, 0.6) is 0 Å². The van der Waals surface area contributed by atoms with Gasteiger partial charge in [-0.1, -0.05) is 6.92 Å². The van der Waals surface area contributed by atoms with Crippen LogP contribution < -0.4 is 11.1 Å². The Morgan fingerprint density at radius 3 is 2.79 bits per heavy atom. The second-order valence-electron chi connectivity index (χ2n) is 4.31. The lowest BCUT2D eigenvalue weighted by Crippen LogP contribution is -2.09. The molecule has 102 valence electrons. The zero-order chi connectivity index (χ0) is 13.8. The number of aromatic nitrogens is 2. The van der Waals surface area contributed by atoms with Gasteiger partial charge in [-0.3, -0.25) is 0 Å². The van der Waals surface area contributed by atoms with Crippen molar-refractivity contribution in [2.75, 3.05) is 11.1 Å². The van der Waals surface area contributed by atoms with Gasteiger partial charge in [0.1, 0.15) is 17.5 Å². The van der Waals surface area contributed by atoms with E-state index < -0.39 is 0 Å². The minimum Gasteiger partial charge on any atom is -0.383 e. The van der Waals surface area contributed by atoms with E-state index in [9.17, 15) is 0 Å². The van der Waals surface area contributed by atoms with Gasteiger partial charge in [-0.25, -0.2) is 9.97 Å². The van der Waals surface area contributed by atoms with Crippen molar-refractivity contribution in [1.29, 1.82) is 0 Å². The summed E-state index contributed by atoms with van der Waals surface area (Å²) in [6.07, 6.45) is 1.86. The van der Waals surface area contributed by atoms with Gasteiger partial charge in [0.2, 0.25) is 0 Å². The monoisotopic (exact) mass is 340 g/mol. The van der Waals surface area contributed by atoms with Gasteiger partial charge >= 0.3 is 0 Å². The second-order valence-corrected chi connectivity index (χ2v) is 6.86. The van der Waals surface area contributed by atoms with Crippen molar-refractivity contribution >= 4 is 38.9 Å². The number of thiophene rings is 1. The van der Waals surface area contributed by atoms with Crippen LogP contribution in [0.1, 0.15) is 29.6 Å². The fourth-order valence-electron chi connectivity index (χ4n) is 1.71. The number of hydrogen-bond donors (Lipinski definition) is 2. The van der Waals surface area contributed by atoms with Gasteiger partial charge in [-0.2, -0.15) is 0 Å². The second kappa shape index (κ2) is 6.34. The van der Waals surface area contributed by atoms with Gasteiger partial charge in [0.25, 0.3) is 0 Å². The normalized spacial score (nSPS) is 10.7. The Morgan fingerprint density at radius 2 is 2.16 bits per heavy atom. The summed E-state index contributed by atoms with van der Waals surface area (Å²) in [7, 11) is 0. The molecule has 0 spiro atoms. The molecule has 0 amide bonds. The lowest BCUT2D eigenvalue weighted by molar-refractivity contribution is 0.833. The summed E-state index contributed by atoms with van der Waals surface area (Å²) in [5.74, 6) is 2.20. The highest BCUT2D eigenvalue weighted by Gasteiger charge is 2.08. The maximum atomic E-state index is 5.93.